The van der Waals surface area contributed by atoms with E-state index in [1.165, 1.54) is 19.0 Å². The van der Waals surface area contributed by atoms with Crippen molar-refractivity contribution in [1.29, 1.82) is 0 Å². The molecule has 2 aromatic carbocycles. The highest BCUT2D eigenvalue weighted by molar-refractivity contribution is 6.32. The largest absolute Gasteiger partial charge is 0.495 e. The molecule has 0 aliphatic rings. The molecule has 0 saturated heterocycles. The predicted octanol–water partition coefficient (Wildman–Crippen LogP) is 4.12. The molecule has 0 aliphatic heterocycles. The number of benzene rings is 2. The molecule has 146 valence electrons. The Bertz CT molecular complexity index is 1050. The lowest BCUT2D eigenvalue weighted by Gasteiger charge is -2.12. The van der Waals surface area contributed by atoms with Gasteiger partial charge in [-0.1, -0.05) is 29.3 Å². The topological polar surface area (TPSA) is 78.3 Å². The van der Waals surface area contributed by atoms with E-state index in [0.717, 1.165) is 16.8 Å². The molecule has 1 amide bonds. The third kappa shape index (κ3) is 3.80. The number of hydrogen-bond acceptors (Lipinski definition) is 5. The van der Waals surface area contributed by atoms with Gasteiger partial charge in [-0.3, -0.25) is 4.79 Å². The molecule has 0 aliphatic carbocycles. The Morgan fingerprint density at radius 2 is 1.75 bits per heavy atom. The number of halogens is 1. The van der Waals surface area contributed by atoms with Crippen molar-refractivity contribution in [3.05, 3.63) is 57.9 Å². The number of hydrogen-bond donors (Lipinski definition) is 1. The van der Waals surface area contributed by atoms with E-state index in [1.807, 2.05) is 32.0 Å². The highest BCUT2D eigenvalue weighted by Crippen LogP contribution is 2.36. The first kappa shape index (κ1) is 19.7. The summed E-state index contributed by atoms with van der Waals surface area (Å²) in [6, 6.07) is 9.13. The zero-order chi connectivity index (χ0) is 20.4. The van der Waals surface area contributed by atoms with Crippen LogP contribution in [0.1, 0.15) is 27.3 Å². The summed E-state index contributed by atoms with van der Waals surface area (Å²) in [5.41, 5.74) is 4.14. The van der Waals surface area contributed by atoms with Crippen LogP contribution in [-0.2, 0) is 0 Å². The lowest BCUT2D eigenvalue weighted by Crippen LogP contribution is -2.15. The molecule has 0 radical (unpaired) electrons. The summed E-state index contributed by atoms with van der Waals surface area (Å²) < 4.78 is 10.5. The van der Waals surface area contributed by atoms with Gasteiger partial charge in [-0.25, -0.2) is 0 Å². The molecule has 1 heterocycles. The molecule has 7 nitrogen and oxygen atoms in total. The molecule has 0 unspecified atom stereocenters. The van der Waals surface area contributed by atoms with Gasteiger partial charge in [-0.05, 0) is 32.4 Å². The van der Waals surface area contributed by atoms with Crippen molar-refractivity contribution in [3.63, 3.8) is 0 Å². The van der Waals surface area contributed by atoms with Crippen LogP contribution in [0.15, 0.2) is 30.3 Å². The first-order valence-electron chi connectivity index (χ1n) is 8.58. The molecule has 3 aromatic rings. The van der Waals surface area contributed by atoms with Crippen molar-refractivity contribution in [2.24, 2.45) is 0 Å². The maximum Gasteiger partial charge on any atom is 0.278 e. The first-order valence-corrected chi connectivity index (χ1v) is 8.96. The lowest BCUT2D eigenvalue weighted by molar-refractivity contribution is 0.102. The van der Waals surface area contributed by atoms with E-state index in [4.69, 9.17) is 21.1 Å². The highest BCUT2D eigenvalue weighted by Gasteiger charge is 2.20. The number of nitrogens with one attached hydrogen (secondary N) is 1. The lowest BCUT2D eigenvalue weighted by atomic mass is 10.1. The Kier molecular flexibility index (Phi) is 5.56. The fraction of sp³-hybridized carbons (Fsp3) is 0.250. The van der Waals surface area contributed by atoms with Crippen molar-refractivity contribution in [1.82, 2.24) is 15.0 Å². The van der Waals surface area contributed by atoms with Crippen LogP contribution in [0.5, 0.6) is 11.5 Å². The maximum atomic E-state index is 12.8. The molecule has 0 saturated carbocycles. The van der Waals surface area contributed by atoms with Gasteiger partial charge in [0.15, 0.2) is 5.69 Å². The predicted molar refractivity (Wildman–Crippen MR) is 108 cm³/mol. The Morgan fingerprint density at radius 3 is 2.39 bits per heavy atom. The van der Waals surface area contributed by atoms with E-state index in [-0.39, 0.29) is 5.69 Å². The van der Waals surface area contributed by atoms with Gasteiger partial charge in [0.05, 0.1) is 36.3 Å². The van der Waals surface area contributed by atoms with Gasteiger partial charge in [-0.2, -0.15) is 9.90 Å². The fourth-order valence-corrected chi connectivity index (χ4v) is 3.10. The smallest absolute Gasteiger partial charge is 0.278 e. The van der Waals surface area contributed by atoms with Crippen LogP contribution in [0.2, 0.25) is 5.02 Å². The summed E-state index contributed by atoms with van der Waals surface area (Å²) in [7, 11) is 2.99. The number of anilines is 1. The molecule has 0 atom stereocenters. The Morgan fingerprint density at radius 1 is 1.04 bits per heavy atom. The van der Waals surface area contributed by atoms with Crippen LogP contribution in [-0.4, -0.2) is 35.1 Å². The summed E-state index contributed by atoms with van der Waals surface area (Å²) in [6.07, 6.45) is 0. The molecule has 0 bridgehead atoms. The van der Waals surface area contributed by atoms with Gasteiger partial charge < -0.3 is 14.8 Å². The third-order valence-corrected chi connectivity index (χ3v) is 4.58. The molecular weight excluding hydrogens is 380 g/mol. The van der Waals surface area contributed by atoms with E-state index in [2.05, 4.69) is 15.5 Å². The molecule has 8 heteroatoms. The standard InChI is InChI=1S/C20H21ClN4O3/c1-11-6-7-16(12(2)8-11)25-23-13(3)19(24-25)20(26)22-15-10-17(27-4)14(21)9-18(15)28-5/h6-10H,1-5H3,(H,22,26). The third-order valence-electron chi connectivity index (χ3n) is 4.29. The zero-order valence-corrected chi connectivity index (χ0v) is 17.1. The number of methoxy groups -OCH3 is 2. The number of aryl methyl sites for hydroxylation is 3. The van der Waals surface area contributed by atoms with Gasteiger partial charge >= 0.3 is 0 Å². The van der Waals surface area contributed by atoms with Gasteiger partial charge in [0.1, 0.15) is 11.5 Å². The summed E-state index contributed by atoms with van der Waals surface area (Å²) in [5, 5.41) is 11.9. The zero-order valence-electron chi connectivity index (χ0n) is 16.3. The van der Waals surface area contributed by atoms with Crippen LogP contribution in [0.3, 0.4) is 0 Å². The van der Waals surface area contributed by atoms with E-state index >= 15 is 0 Å². The second kappa shape index (κ2) is 7.90. The van der Waals surface area contributed by atoms with E-state index in [1.54, 1.807) is 19.1 Å². The van der Waals surface area contributed by atoms with Crippen LogP contribution >= 0.6 is 11.6 Å². The molecule has 28 heavy (non-hydrogen) atoms. The van der Waals surface area contributed by atoms with Crippen LogP contribution in [0, 0.1) is 20.8 Å². The van der Waals surface area contributed by atoms with E-state index in [0.29, 0.717) is 27.9 Å². The minimum atomic E-state index is -0.406. The van der Waals surface area contributed by atoms with Gasteiger partial charge in [-0.15, -0.1) is 5.10 Å². The Labute approximate surface area is 168 Å². The number of carbonyl (C=O) groups is 1. The summed E-state index contributed by atoms with van der Waals surface area (Å²) in [5.74, 6) is 0.434. The molecule has 0 spiro atoms. The minimum absolute atomic E-state index is 0.218. The number of amides is 1. The monoisotopic (exact) mass is 400 g/mol. The van der Waals surface area contributed by atoms with Gasteiger partial charge in [0.2, 0.25) is 0 Å². The molecule has 0 fully saturated rings. The number of nitrogens with zero attached hydrogens (tertiary/aromatic N) is 3. The van der Waals surface area contributed by atoms with Crippen molar-refractivity contribution in [2.45, 2.75) is 20.8 Å². The maximum absolute atomic E-state index is 12.8. The van der Waals surface area contributed by atoms with Crippen molar-refractivity contribution in [2.75, 3.05) is 19.5 Å². The minimum Gasteiger partial charge on any atom is -0.495 e. The van der Waals surface area contributed by atoms with Gasteiger partial charge in [0, 0.05) is 12.1 Å². The normalized spacial score (nSPS) is 10.6. The molecular formula is C20H21ClN4O3. The van der Waals surface area contributed by atoms with Gasteiger partial charge in [0.25, 0.3) is 5.91 Å². The van der Waals surface area contributed by atoms with Crippen LogP contribution in [0.4, 0.5) is 5.69 Å². The Hall–Kier alpha value is -3.06. The number of carbonyl (C=O) groups excluding carboxylic acids is 1. The quantitative estimate of drug-likeness (QED) is 0.697. The average molecular weight is 401 g/mol. The molecule has 3 rings (SSSR count). The SMILES string of the molecule is COc1cc(NC(=O)c2nn(-c3ccc(C)cc3C)nc2C)c(OC)cc1Cl. The number of aromatic nitrogens is 3. The van der Waals surface area contributed by atoms with E-state index < -0.39 is 5.91 Å². The van der Waals surface area contributed by atoms with Crippen molar-refractivity contribution in [3.8, 4) is 17.2 Å². The highest BCUT2D eigenvalue weighted by atomic mass is 35.5. The fourth-order valence-electron chi connectivity index (χ4n) is 2.87. The number of ether oxygens (including phenoxy) is 2. The second-order valence-corrected chi connectivity index (χ2v) is 6.76. The summed E-state index contributed by atoms with van der Waals surface area (Å²) >= 11 is 6.11. The van der Waals surface area contributed by atoms with Crippen molar-refractivity contribution >= 4 is 23.2 Å². The van der Waals surface area contributed by atoms with Crippen molar-refractivity contribution < 1.29 is 14.3 Å². The summed E-state index contributed by atoms with van der Waals surface area (Å²) in [6.45, 7) is 5.73. The first-order chi connectivity index (χ1) is 13.3. The van der Waals surface area contributed by atoms with Crippen LogP contribution in [0.25, 0.3) is 5.69 Å². The van der Waals surface area contributed by atoms with E-state index in [9.17, 15) is 4.79 Å². The molecule has 1 N–H and O–H groups in total. The van der Waals surface area contributed by atoms with Crippen LogP contribution < -0.4 is 14.8 Å². The summed E-state index contributed by atoms with van der Waals surface area (Å²) in [4.78, 5) is 14.3. The molecule has 1 aromatic heterocycles. The average Bonchev–Trinajstić information content (AvgIpc) is 3.04. The number of rotatable bonds is 5. The Balaban J connectivity index is 1.93. The second-order valence-electron chi connectivity index (χ2n) is 6.35.